The van der Waals surface area contributed by atoms with Crippen LogP contribution in [0.15, 0.2) is 18.5 Å². The van der Waals surface area contributed by atoms with Crippen molar-refractivity contribution in [3.8, 4) is 0 Å². The highest BCUT2D eigenvalue weighted by Gasteiger charge is 2.54. The molecule has 1 aromatic rings. The van der Waals surface area contributed by atoms with Gasteiger partial charge in [0.1, 0.15) is 6.61 Å². The first-order chi connectivity index (χ1) is 13.6. The number of nitrogens with zero attached hydrogens (tertiary/aromatic N) is 4. The van der Waals surface area contributed by atoms with Gasteiger partial charge < -0.3 is 19.9 Å². The lowest BCUT2D eigenvalue weighted by atomic mass is 9.74. The maximum Gasteiger partial charge on any atom is 0.248 e. The molecule has 1 aromatic heterocycles. The fraction of sp³-hybridized carbons (Fsp3) is 0.700. The van der Waals surface area contributed by atoms with Crippen molar-refractivity contribution in [2.75, 3.05) is 51.3 Å². The van der Waals surface area contributed by atoms with Crippen LogP contribution in [-0.2, 0) is 14.3 Å². The maximum atomic E-state index is 13.4. The van der Waals surface area contributed by atoms with E-state index in [1.165, 1.54) is 20.0 Å². The molecule has 3 heterocycles. The number of carbonyl (C=O) groups excluding carboxylic acids is 2. The molecular formula is C20H29N5O3. The number of ether oxygens (including phenoxy) is 1. The van der Waals surface area contributed by atoms with Gasteiger partial charge in [-0.3, -0.25) is 9.59 Å². The first-order valence-electron chi connectivity index (χ1n) is 10.2. The second kappa shape index (κ2) is 8.03. The second-order valence-electron chi connectivity index (χ2n) is 8.31. The fourth-order valence-electron chi connectivity index (χ4n) is 4.59. The monoisotopic (exact) mass is 387 g/mol. The smallest absolute Gasteiger partial charge is 0.248 e. The predicted octanol–water partition coefficient (Wildman–Crippen LogP) is 0.694. The van der Waals surface area contributed by atoms with Crippen LogP contribution in [-0.4, -0.2) is 73.1 Å². The predicted molar refractivity (Wildman–Crippen MR) is 104 cm³/mol. The number of carbonyl (C=O) groups is 2. The molecule has 1 saturated carbocycles. The third kappa shape index (κ3) is 3.83. The first kappa shape index (κ1) is 19.1. The number of likely N-dealkylation sites (tertiary alicyclic amines) is 1. The van der Waals surface area contributed by atoms with E-state index in [1.54, 1.807) is 18.5 Å². The normalized spacial score (nSPS) is 27.2. The Balaban J connectivity index is 1.56. The van der Waals surface area contributed by atoms with Crippen LogP contribution in [0.2, 0.25) is 0 Å². The van der Waals surface area contributed by atoms with Crippen LogP contribution in [0.1, 0.15) is 25.7 Å². The van der Waals surface area contributed by atoms with E-state index >= 15 is 0 Å². The van der Waals surface area contributed by atoms with Gasteiger partial charge in [-0.05, 0) is 37.7 Å². The first-order valence-corrected chi connectivity index (χ1v) is 10.2. The summed E-state index contributed by atoms with van der Waals surface area (Å²) < 4.78 is 5.04. The Morgan fingerprint density at radius 1 is 1.29 bits per heavy atom. The van der Waals surface area contributed by atoms with Crippen molar-refractivity contribution >= 4 is 17.8 Å². The second-order valence-corrected chi connectivity index (χ2v) is 8.31. The van der Waals surface area contributed by atoms with Crippen molar-refractivity contribution in [3.05, 3.63) is 18.5 Å². The van der Waals surface area contributed by atoms with E-state index in [0.29, 0.717) is 38.0 Å². The van der Waals surface area contributed by atoms with Gasteiger partial charge in [0.15, 0.2) is 0 Å². The van der Waals surface area contributed by atoms with E-state index in [-0.39, 0.29) is 24.3 Å². The number of hydrogen-bond acceptors (Lipinski definition) is 6. The van der Waals surface area contributed by atoms with Gasteiger partial charge in [0.2, 0.25) is 17.8 Å². The largest absolute Gasteiger partial charge is 0.375 e. The molecule has 2 aliphatic heterocycles. The molecule has 1 N–H and O–H groups in total. The SMILES string of the molecule is COCC(=O)N1CCC[C@@]2(C(=O)NCC3CC3)CN(c3ncccn3)C[C@H]2C1. The zero-order valence-electron chi connectivity index (χ0n) is 16.5. The van der Waals surface area contributed by atoms with Crippen molar-refractivity contribution < 1.29 is 14.3 Å². The minimum atomic E-state index is -0.504. The molecule has 0 spiro atoms. The van der Waals surface area contributed by atoms with Gasteiger partial charge in [-0.2, -0.15) is 0 Å². The van der Waals surface area contributed by atoms with E-state index in [9.17, 15) is 9.59 Å². The molecule has 2 atom stereocenters. The van der Waals surface area contributed by atoms with Crippen LogP contribution in [0.3, 0.4) is 0 Å². The van der Waals surface area contributed by atoms with Gasteiger partial charge in [-0.1, -0.05) is 0 Å². The average Bonchev–Trinajstić information content (AvgIpc) is 3.50. The van der Waals surface area contributed by atoms with Gasteiger partial charge in [0.05, 0.1) is 5.41 Å². The van der Waals surface area contributed by atoms with E-state index < -0.39 is 5.41 Å². The molecule has 8 nitrogen and oxygen atoms in total. The molecular weight excluding hydrogens is 358 g/mol. The van der Waals surface area contributed by atoms with Crippen LogP contribution in [0.5, 0.6) is 0 Å². The highest BCUT2D eigenvalue weighted by molar-refractivity contribution is 5.85. The van der Waals surface area contributed by atoms with Crippen LogP contribution in [0, 0.1) is 17.3 Å². The van der Waals surface area contributed by atoms with E-state index in [4.69, 9.17) is 4.74 Å². The number of hydrogen-bond donors (Lipinski definition) is 1. The third-order valence-electron chi connectivity index (χ3n) is 6.34. The Bertz CT molecular complexity index is 711. The summed E-state index contributed by atoms with van der Waals surface area (Å²) in [6.45, 7) is 3.38. The maximum absolute atomic E-state index is 13.4. The molecule has 3 fully saturated rings. The topological polar surface area (TPSA) is 87.7 Å². The van der Waals surface area contributed by atoms with Crippen molar-refractivity contribution in [2.24, 2.45) is 17.3 Å². The zero-order chi connectivity index (χ0) is 19.6. The van der Waals surface area contributed by atoms with Gasteiger partial charge in [0.25, 0.3) is 0 Å². The highest BCUT2D eigenvalue weighted by atomic mass is 16.5. The van der Waals surface area contributed by atoms with Gasteiger partial charge in [-0.15, -0.1) is 0 Å². The van der Waals surface area contributed by atoms with Crippen LogP contribution < -0.4 is 10.2 Å². The Hall–Kier alpha value is -2.22. The summed E-state index contributed by atoms with van der Waals surface area (Å²) in [6.07, 6.45) is 7.45. The number of amides is 2. The summed E-state index contributed by atoms with van der Waals surface area (Å²) in [4.78, 5) is 38.5. The van der Waals surface area contributed by atoms with Gasteiger partial charge in [-0.25, -0.2) is 9.97 Å². The third-order valence-corrected chi connectivity index (χ3v) is 6.34. The molecule has 28 heavy (non-hydrogen) atoms. The standard InChI is InChI=1S/C20H29N5O3/c1-28-13-17(26)24-9-2-6-20(18(27)23-10-15-4-5-15)14-25(12-16(20)11-24)19-21-7-3-8-22-19/h3,7-8,15-16H,2,4-6,9-14H2,1H3,(H,23,27)/t16-,20-/m1/s1. The lowest BCUT2D eigenvalue weighted by Gasteiger charge is -2.32. The van der Waals surface area contributed by atoms with Gasteiger partial charge >= 0.3 is 0 Å². The Morgan fingerprint density at radius 2 is 2.07 bits per heavy atom. The minimum absolute atomic E-state index is 0.00824. The molecule has 0 aromatic carbocycles. The van der Waals surface area contributed by atoms with E-state index in [0.717, 1.165) is 19.4 Å². The summed E-state index contributed by atoms with van der Waals surface area (Å²) in [5.41, 5.74) is -0.504. The number of anilines is 1. The number of aromatic nitrogens is 2. The Morgan fingerprint density at radius 3 is 2.79 bits per heavy atom. The molecule has 4 rings (SSSR count). The summed E-state index contributed by atoms with van der Waals surface area (Å²) in [5, 5.41) is 3.21. The fourth-order valence-corrected chi connectivity index (χ4v) is 4.59. The highest BCUT2D eigenvalue weighted by Crippen LogP contribution is 2.44. The zero-order valence-corrected chi connectivity index (χ0v) is 16.5. The van der Waals surface area contributed by atoms with Crippen molar-refractivity contribution in [1.82, 2.24) is 20.2 Å². The quantitative estimate of drug-likeness (QED) is 0.773. The van der Waals surface area contributed by atoms with Crippen LogP contribution in [0.4, 0.5) is 5.95 Å². The molecule has 2 saturated heterocycles. The molecule has 152 valence electrons. The van der Waals surface area contributed by atoms with E-state index in [1.807, 2.05) is 4.90 Å². The Kier molecular flexibility index (Phi) is 5.48. The molecule has 0 unspecified atom stereocenters. The molecule has 3 aliphatic rings. The Labute approximate surface area is 165 Å². The molecule has 1 aliphatic carbocycles. The molecule has 2 amide bonds. The number of rotatable bonds is 6. The van der Waals surface area contributed by atoms with E-state index in [2.05, 4.69) is 20.2 Å². The number of nitrogens with one attached hydrogen (secondary N) is 1. The molecule has 8 heteroatoms. The minimum Gasteiger partial charge on any atom is -0.375 e. The number of methoxy groups -OCH3 is 1. The molecule has 0 radical (unpaired) electrons. The average molecular weight is 387 g/mol. The lowest BCUT2D eigenvalue weighted by molar-refractivity contribution is -0.137. The summed E-state index contributed by atoms with van der Waals surface area (Å²) in [5.74, 6) is 1.47. The number of fused-ring (bicyclic) bond motifs is 1. The summed E-state index contributed by atoms with van der Waals surface area (Å²) in [6, 6.07) is 1.79. The van der Waals surface area contributed by atoms with Gasteiger partial charge in [0, 0.05) is 58.1 Å². The summed E-state index contributed by atoms with van der Waals surface area (Å²) in [7, 11) is 1.54. The van der Waals surface area contributed by atoms with Crippen molar-refractivity contribution in [3.63, 3.8) is 0 Å². The van der Waals surface area contributed by atoms with Crippen LogP contribution >= 0.6 is 0 Å². The molecule has 0 bridgehead atoms. The lowest BCUT2D eigenvalue weighted by Crippen LogP contribution is -2.48. The van der Waals surface area contributed by atoms with Crippen molar-refractivity contribution in [1.29, 1.82) is 0 Å². The van der Waals surface area contributed by atoms with Crippen LogP contribution in [0.25, 0.3) is 0 Å². The van der Waals surface area contributed by atoms with Crippen molar-refractivity contribution in [2.45, 2.75) is 25.7 Å². The summed E-state index contributed by atoms with van der Waals surface area (Å²) >= 11 is 0.